The molecule has 1 aromatic heterocycles. The highest BCUT2D eigenvalue weighted by Crippen LogP contribution is 2.53. The molecular formula is C76H96BN5. The van der Waals surface area contributed by atoms with Crippen LogP contribution in [0.5, 0.6) is 0 Å². The Morgan fingerprint density at radius 2 is 0.720 bits per heavy atom. The Balaban J connectivity index is 1.29. The molecule has 6 aromatic carbocycles. The molecule has 2 aliphatic heterocycles. The molecule has 0 atom stereocenters. The Bertz CT molecular complexity index is 3380. The highest BCUT2D eigenvalue weighted by Gasteiger charge is 2.48. The molecule has 6 heteroatoms. The Hall–Kier alpha value is -6.14. The molecule has 7 aromatic rings. The number of hydrogen-bond donors (Lipinski definition) is 0. The quantitative estimate of drug-likeness (QED) is 0.108. The second-order valence-corrected chi connectivity index (χ2v) is 30.6. The first-order chi connectivity index (χ1) is 38.4. The molecule has 82 heavy (non-hydrogen) atoms. The van der Waals surface area contributed by atoms with Gasteiger partial charge in [0.25, 0.3) is 6.71 Å². The van der Waals surface area contributed by atoms with Gasteiger partial charge in [-0.15, -0.1) is 0 Å². The SMILES string of the molecule is CCC(C)(C)c1ccc(N2c3ccc(C(C)(C)CC)cc3B3c4cc(C(C)(C)CC)ccc4N(c4ccc(C(C)(C)CC)cc4)c4nc(N(c5ccc6c(c5)C(C)(C)CCC6(C)C)c5ccc6c(c5)C(C)(C)CCC6(C)C)nc2c43)cc1. The number of fused-ring (bicyclic) bond motifs is 6. The van der Waals surface area contributed by atoms with Crippen LogP contribution < -0.4 is 31.1 Å². The second-order valence-electron chi connectivity index (χ2n) is 30.6. The van der Waals surface area contributed by atoms with Crippen LogP contribution in [-0.4, -0.2) is 16.7 Å². The van der Waals surface area contributed by atoms with Crippen LogP contribution in [0, 0.1) is 0 Å². The van der Waals surface area contributed by atoms with Gasteiger partial charge < -0.3 is 0 Å². The van der Waals surface area contributed by atoms with Crippen molar-refractivity contribution in [2.24, 2.45) is 0 Å². The van der Waals surface area contributed by atoms with Gasteiger partial charge in [-0.25, -0.2) is 0 Å². The number of anilines is 9. The van der Waals surface area contributed by atoms with Gasteiger partial charge in [0.1, 0.15) is 11.6 Å². The van der Waals surface area contributed by atoms with Crippen molar-refractivity contribution in [3.8, 4) is 0 Å². The summed E-state index contributed by atoms with van der Waals surface area (Å²) in [6, 6.07) is 48.4. The first-order valence-electron chi connectivity index (χ1n) is 31.5. The third kappa shape index (κ3) is 9.44. The molecular weight excluding hydrogens is 994 g/mol. The van der Waals surface area contributed by atoms with Crippen molar-refractivity contribution < 1.29 is 0 Å². The van der Waals surface area contributed by atoms with Gasteiger partial charge >= 0.3 is 0 Å². The maximum absolute atomic E-state index is 6.20. The molecule has 0 N–H and O–H groups in total. The van der Waals surface area contributed by atoms with E-state index >= 15 is 0 Å². The second kappa shape index (κ2) is 19.7. The van der Waals surface area contributed by atoms with E-state index in [2.05, 4.69) is 275 Å². The molecule has 11 rings (SSSR count). The lowest BCUT2D eigenvalue weighted by Crippen LogP contribution is -2.62. The van der Waals surface area contributed by atoms with E-state index in [1.54, 1.807) is 0 Å². The lowest BCUT2D eigenvalue weighted by molar-refractivity contribution is 0.332. The molecule has 0 saturated carbocycles. The largest absolute Gasteiger partial charge is 0.296 e. The fourth-order valence-corrected chi connectivity index (χ4v) is 13.9. The van der Waals surface area contributed by atoms with Gasteiger partial charge in [-0.05, 0) is 211 Å². The van der Waals surface area contributed by atoms with Gasteiger partial charge in [0.05, 0.1) is 0 Å². The zero-order valence-electron chi connectivity index (χ0n) is 54.0. The number of nitrogens with zero attached hydrogens (tertiary/aromatic N) is 5. The number of aromatic nitrogens is 2. The van der Waals surface area contributed by atoms with Crippen LogP contribution in [0.3, 0.4) is 0 Å². The predicted octanol–water partition coefficient (Wildman–Crippen LogP) is 19.5. The van der Waals surface area contributed by atoms with E-state index in [-0.39, 0.29) is 50.0 Å². The molecule has 5 nitrogen and oxygen atoms in total. The number of benzene rings is 6. The lowest BCUT2D eigenvalue weighted by Gasteiger charge is -2.45. The standard InChI is InChI=1S/C76H96BN5/c1-21-69(5,6)49-25-31-53(32-26-49)81-63-39-29-51(71(9,10)23-3)45-61(63)77-62-46-52(72(11,12)24-4)30-40-64(62)82(54-33-27-50(28-34-54)70(7,8)22-2)67-65(77)66(81)78-68(79-67)80(55-35-37-57-59(47-55)75(17,18)43-41-73(57,13)14)56-36-38-58-60(48-56)76(19,20)44-42-74(58,15)16/h25-40,45-48H,21-24,41-44H2,1-20H3. The molecule has 0 unspecified atom stereocenters. The summed E-state index contributed by atoms with van der Waals surface area (Å²) in [5.74, 6) is 2.51. The monoisotopic (exact) mass is 1090 g/mol. The molecule has 0 amide bonds. The molecule has 0 saturated heterocycles. The fraction of sp³-hybridized carbons (Fsp3) is 0.474. The summed E-state index contributed by atoms with van der Waals surface area (Å²) in [7, 11) is 0. The maximum Gasteiger partial charge on any atom is 0.256 e. The van der Waals surface area contributed by atoms with Crippen molar-refractivity contribution in [2.75, 3.05) is 14.7 Å². The first-order valence-corrected chi connectivity index (χ1v) is 31.5. The Morgan fingerprint density at radius 1 is 0.402 bits per heavy atom. The summed E-state index contributed by atoms with van der Waals surface area (Å²) in [5.41, 5.74) is 21.6. The third-order valence-corrected chi connectivity index (χ3v) is 22.1. The first kappa shape index (κ1) is 57.7. The van der Waals surface area contributed by atoms with Gasteiger partial charge in [-0.2, -0.15) is 9.97 Å². The van der Waals surface area contributed by atoms with Crippen molar-refractivity contribution in [3.63, 3.8) is 0 Å². The minimum absolute atomic E-state index is 0.0151. The van der Waals surface area contributed by atoms with Crippen LogP contribution in [0.25, 0.3) is 0 Å². The van der Waals surface area contributed by atoms with E-state index in [1.807, 2.05) is 0 Å². The van der Waals surface area contributed by atoms with Crippen LogP contribution in [0.1, 0.15) is 234 Å². The zero-order chi connectivity index (χ0) is 59.1. The summed E-state index contributed by atoms with van der Waals surface area (Å²) in [4.78, 5) is 19.9. The molecule has 0 radical (unpaired) electrons. The van der Waals surface area contributed by atoms with Crippen molar-refractivity contribution in [2.45, 2.75) is 233 Å². The topological polar surface area (TPSA) is 35.5 Å². The third-order valence-electron chi connectivity index (χ3n) is 22.1. The lowest BCUT2D eigenvalue weighted by atomic mass is 9.33. The number of hydrogen-bond acceptors (Lipinski definition) is 5. The molecule has 0 fully saturated rings. The molecule has 4 aliphatic rings. The molecule has 0 spiro atoms. The van der Waals surface area contributed by atoms with Gasteiger partial charge in [0, 0.05) is 39.6 Å². The Kier molecular flexibility index (Phi) is 13.9. The summed E-state index contributed by atoms with van der Waals surface area (Å²) in [6.45, 7) is 47.7. The van der Waals surface area contributed by atoms with Crippen molar-refractivity contribution in [1.29, 1.82) is 0 Å². The highest BCUT2D eigenvalue weighted by molar-refractivity contribution is 7.00. The molecule has 3 heterocycles. The fourth-order valence-electron chi connectivity index (χ4n) is 13.9. The van der Waals surface area contributed by atoms with Crippen molar-refractivity contribution in [3.05, 3.63) is 166 Å². The summed E-state index contributed by atoms with van der Waals surface area (Å²) in [6.07, 6.45) is 8.70. The van der Waals surface area contributed by atoms with Crippen LogP contribution in [0.4, 0.5) is 51.7 Å². The summed E-state index contributed by atoms with van der Waals surface area (Å²) < 4.78 is 0. The van der Waals surface area contributed by atoms with E-state index in [1.165, 1.54) is 66.8 Å². The van der Waals surface area contributed by atoms with Gasteiger partial charge in [0.15, 0.2) is 0 Å². The predicted molar refractivity (Wildman–Crippen MR) is 355 cm³/mol. The molecule has 0 bridgehead atoms. The minimum Gasteiger partial charge on any atom is -0.296 e. The summed E-state index contributed by atoms with van der Waals surface area (Å²) >= 11 is 0. The average Bonchev–Trinajstić information content (AvgIpc) is 2.31. The number of rotatable bonds is 13. The smallest absolute Gasteiger partial charge is 0.256 e. The van der Waals surface area contributed by atoms with Gasteiger partial charge in [-0.1, -0.05) is 199 Å². The van der Waals surface area contributed by atoms with E-state index in [9.17, 15) is 0 Å². The van der Waals surface area contributed by atoms with Gasteiger partial charge in [-0.3, -0.25) is 14.7 Å². The van der Waals surface area contributed by atoms with E-state index in [0.717, 1.165) is 91.2 Å². The molecule has 428 valence electrons. The van der Waals surface area contributed by atoms with Gasteiger partial charge in [0.2, 0.25) is 5.95 Å². The summed E-state index contributed by atoms with van der Waals surface area (Å²) in [5, 5.41) is 0. The van der Waals surface area contributed by atoms with E-state index in [0.29, 0.717) is 5.95 Å². The highest BCUT2D eigenvalue weighted by atomic mass is 15.3. The van der Waals surface area contributed by atoms with Crippen molar-refractivity contribution >= 4 is 74.8 Å². The van der Waals surface area contributed by atoms with Crippen LogP contribution in [-0.2, 0) is 43.3 Å². The zero-order valence-corrected chi connectivity index (χ0v) is 54.0. The average molecular weight is 1090 g/mol. The van der Waals surface area contributed by atoms with Crippen LogP contribution >= 0.6 is 0 Å². The van der Waals surface area contributed by atoms with Crippen LogP contribution in [0.15, 0.2) is 121 Å². The van der Waals surface area contributed by atoms with E-state index in [4.69, 9.17) is 9.97 Å². The van der Waals surface area contributed by atoms with Crippen LogP contribution in [0.2, 0.25) is 0 Å². The Labute approximate surface area is 495 Å². The minimum atomic E-state index is -0.152. The maximum atomic E-state index is 6.20. The van der Waals surface area contributed by atoms with Crippen molar-refractivity contribution in [1.82, 2.24) is 9.97 Å². The van der Waals surface area contributed by atoms with E-state index < -0.39 is 0 Å². The Morgan fingerprint density at radius 3 is 1.06 bits per heavy atom. The normalized spacial score (nSPS) is 17.6. The molecule has 2 aliphatic carbocycles.